The molecule has 2 nitrogen and oxygen atoms in total. The molecule has 3 heteroatoms. The quantitative estimate of drug-likeness (QED) is 0.817. The molecule has 0 saturated heterocycles. The van der Waals surface area contributed by atoms with Crippen molar-refractivity contribution in [3.8, 4) is 18.1 Å². The van der Waals surface area contributed by atoms with Crippen LogP contribution < -0.4 is 10.5 Å². The molecule has 0 aromatic heterocycles. The van der Waals surface area contributed by atoms with E-state index in [2.05, 4.69) is 21.9 Å². The van der Waals surface area contributed by atoms with Crippen LogP contribution in [-0.4, -0.2) is 13.2 Å². The number of hydrogen-bond donors (Lipinski definition) is 1. The summed E-state index contributed by atoms with van der Waals surface area (Å²) in [4.78, 5) is 0. The molecule has 0 bridgehead atoms. The third kappa shape index (κ3) is 3.10. The molecule has 1 aromatic carbocycles. The lowest BCUT2D eigenvalue weighted by atomic mass is 10.2. The first-order valence-corrected chi connectivity index (χ1v) is 4.65. The fourth-order valence-electron chi connectivity index (χ4n) is 0.906. The summed E-state index contributed by atoms with van der Waals surface area (Å²) in [5.74, 6) is 3.29. The lowest BCUT2D eigenvalue weighted by Crippen LogP contribution is -2.10. The first kappa shape index (κ1) is 10.1. The van der Waals surface area contributed by atoms with Crippen molar-refractivity contribution in [3.63, 3.8) is 0 Å². The molecule has 0 fully saturated rings. The van der Waals surface area contributed by atoms with Crippen LogP contribution in [0.5, 0.6) is 5.75 Å². The lowest BCUT2D eigenvalue weighted by Gasteiger charge is -2.05. The van der Waals surface area contributed by atoms with E-state index in [4.69, 9.17) is 16.9 Å². The van der Waals surface area contributed by atoms with Crippen molar-refractivity contribution in [1.82, 2.24) is 0 Å². The van der Waals surface area contributed by atoms with Gasteiger partial charge in [0.15, 0.2) is 0 Å². The Morgan fingerprint density at radius 2 is 2.23 bits per heavy atom. The topological polar surface area (TPSA) is 35.2 Å². The molecule has 2 N–H and O–H groups in total. The Bertz CT molecular complexity index is 330. The van der Waals surface area contributed by atoms with E-state index in [1.54, 1.807) is 6.07 Å². The van der Waals surface area contributed by atoms with E-state index in [1.807, 2.05) is 12.1 Å². The Labute approximate surface area is 86.2 Å². The maximum atomic E-state index is 5.33. The van der Waals surface area contributed by atoms with Crippen LogP contribution in [0.25, 0.3) is 0 Å². The largest absolute Gasteiger partial charge is 0.492 e. The van der Waals surface area contributed by atoms with Gasteiger partial charge in [-0.05, 0) is 18.2 Å². The van der Waals surface area contributed by atoms with Crippen LogP contribution in [0.1, 0.15) is 5.56 Å². The van der Waals surface area contributed by atoms with Gasteiger partial charge in [0.25, 0.3) is 0 Å². The van der Waals surface area contributed by atoms with Gasteiger partial charge in [0.2, 0.25) is 0 Å². The van der Waals surface area contributed by atoms with Gasteiger partial charge in [0.1, 0.15) is 12.4 Å². The third-order valence-corrected chi connectivity index (χ3v) is 1.88. The molecule has 0 unspecified atom stereocenters. The van der Waals surface area contributed by atoms with E-state index < -0.39 is 0 Å². The number of hydrogen-bond acceptors (Lipinski definition) is 2. The molecule has 68 valence electrons. The summed E-state index contributed by atoms with van der Waals surface area (Å²) in [7, 11) is 0. The second kappa shape index (κ2) is 4.90. The van der Waals surface area contributed by atoms with Crippen LogP contribution in [0.3, 0.4) is 0 Å². The fraction of sp³-hybridized carbons (Fsp3) is 0.200. The normalized spacial score (nSPS) is 9.31. The molecule has 0 aliphatic heterocycles. The standard InChI is InChI=1S/C10H10BrNO/c1-2-8-5-9(11)7-10(6-8)13-4-3-12/h1,5-7H,3-4,12H2. The zero-order chi connectivity index (χ0) is 9.68. The zero-order valence-electron chi connectivity index (χ0n) is 7.09. The highest BCUT2D eigenvalue weighted by Crippen LogP contribution is 2.20. The number of terminal acetylenes is 1. The minimum atomic E-state index is 0.498. The highest BCUT2D eigenvalue weighted by Gasteiger charge is 1.97. The van der Waals surface area contributed by atoms with Gasteiger partial charge in [0.05, 0.1) is 0 Å². The summed E-state index contributed by atoms with van der Waals surface area (Å²) in [6.07, 6.45) is 5.27. The van der Waals surface area contributed by atoms with Crippen LogP contribution in [0.15, 0.2) is 22.7 Å². The lowest BCUT2D eigenvalue weighted by molar-refractivity contribution is 0.328. The van der Waals surface area contributed by atoms with E-state index in [9.17, 15) is 0 Å². The number of rotatable bonds is 3. The molecule has 0 radical (unpaired) electrons. The van der Waals surface area contributed by atoms with E-state index in [-0.39, 0.29) is 0 Å². The summed E-state index contributed by atoms with van der Waals surface area (Å²) >= 11 is 3.34. The first-order valence-electron chi connectivity index (χ1n) is 3.86. The number of nitrogens with two attached hydrogens (primary N) is 1. The van der Waals surface area contributed by atoms with Crippen molar-refractivity contribution in [2.24, 2.45) is 5.73 Å². The number of ether oxygens (including phenoxy) is 1. The molecular formula is C10H10BrNO. The Hall–Kier alpha value is -0.980. The number of halogens is 1. The van der Waals surface area contributed by atoms with Gasteiger partial charge in [-0.25, -0.2) is 0 Å². The molecule has 0 amide bonds. The Morgan fingerprint density at radius 1 is 1.46 bits per heavy atom. The van der Waals surface area contributed by atoms with Crippen LogP contribution in [0.4, 0.5) is 0 Å². The molecule has 0 atom stereocenters. The Balaban J connectivity index is 2.83. The highest BCUT2D eigenvalue weighted by atomic mass is 79.9. The predicted molar refractivity (Wildman–Crippen MR) is 56.6 cm³/mol. The van der Waals surface area contributed by atoms with Gasteiger partial charge in [-0.1, -0.05) is 21.9 Å². The summed E-state index contributed by atoms with van der Waals surface area (Å²) in [5, 5.41) is 0. The van der Waals surface area contributed by atoms with E-state index in [1.165, 1.54) is 0 Å². The monoisotopic (exact) mass is 239 g/mol. The summed E-state index contributed by atoms with van der Waals surface area (Å²) in [6.45, 7) is 0.998. The summed E-state index contributed by atoms with van der Waals surface area (Å²) in [5.41, 5.74) is 6.10. The average molecular weight is 240 g/mol. The summed E-state index contributed by atoms with van der Waals surface area (Å²) < 4.78 is 6.24. The van der Waals surface area contributed by atoms with Crippen molar-refractivity contribution < 1.29 is 4.74 Å². The van der Waals surface area contributed by atoms with Crippen LogP contribution in [0, 0.1) is 12.3 Å². The van der Waals surface area contributed by atoms with Gasteiger partial charge >= 0.3 is 0 Å². The molecular weight excluding hydrogens is 230 g/mol. The van der Waals surface area contributed by atoms with Crippen LogP contribution in [0.2, 0.25) is 0 Å². The van der Waals surface area contributed by atoms with Crippen molar-refractivity contribution in [2.75, 3.05) is 13.2 Å². The molecule has 0 spiro atoms. The molecule has 0 aliphatic carbocycles. The maximum Gasteiger partial charge on any atom is 0.121 e. The third-order valence-electron chi connectivity index (χ3n) is 1.42. The van der Waals surface area contributed by atoms with Crippen LogP contribution in [-0.2, 0) is 0 Å². The average Bonchev–Trinajstić information content (AvgIpc) is 2.14. The van der Waals surface area contributed by atoms with Crippen molar-refractivity contribution in [2.45, 2.75) is 0 Å². The molecule has 1 rings (SSSR count). The van der Waals surface area contributed by atoms with Gasteiger partial charge in [-0.15, -0.1) is 6.42 Å². The number of benzene rings is 1. The van der Waals surface area contributed by atoms with Gasteiger partial charge in [-0.3, -0.25) is 0 Å². The molecule has 1 aromatic rings. The zero-order valence-corrected chi connectivity index (χ0v) is 8.67. The maximum absolute atomic E-state index is 5.33. The van der Waals surface area contributed by atoms with Crippen molar-refractivity contribution >= 4 is 15.9 Å². The smallest absolute Gasteiger partial charge is 0.121 e. The summed E-state index contributed by atoms with van der Waals surface area (Å²) in [6, 6.07) is 5.52. The molecule has 13 heavy (non-hydrogen) atoms. The molecule has 0 saturated carbocycles. The minimum absolute atomic E-state index is 0.498. The van der Waals surface area contributed by atoms with Crippen molar-refractivity contribution in [3.05, 3.63) is 28.2 Å². The van der Waals surface area contributed by atoms with Gasteiger partial charge in [-0.2, -0.15) is 0 Å². The molecule has 0 aliphatic rings. The highest BCUT2D eigenvalue weighted by molar-refractivity contribution is 9.10. The second-order valence-corrected chi connectivity index (χ2v) is 3.37. The Kier molecular flexibility index (Phi) is 3.81. The first-order chi connectivity index (χ1) is 6.26. The molecule has 0 heterocycles. The van der Waals surface area contributed by atoms with E-state index in [0.717, 1.165) is 15.8 Å². The fourth-order valence-corrected chi connectivity index (χ4v) is 1.38. The predicted octanol–water partition coefficient (Wildman–Crippen LogP) is 1.77. The minimum Gasteiger partial charge on any atom is -0.492 e. The van der Waals surface area contributed by atoms with Crippen LogP contribution >= 0.6 is 15.9 Å². The SMILES string of the molecule is C#Cc1cc(Br)cc(OCCN)c1. The van der Waals surface area contributed by atoms with E-state index in [0.29, 0.717) is 13.2 Å². The van der Waals surface area contributed by atoms with Crippen molar-refractivity contribution in [1.29, 1.82) is 0 Å². The second-order valence-electron chi connectivity index (χ2n) is 2.46. The van der Waals surface area contributed by atoms with E-state index >= 15 is 0 Å². The Morgan fingerprint density at radius 3 is 2.85 bits per heavy atom. The van der Waals surface area contributed by atoms with Gasteiger partial charge in [0, 0.05) is 16.6 Å². The van der Waals surface area contributed by atoms with Gasteiger partial charge < -0.3 is 10.5 Å².